The van der Waals surface area contributed by atoms with E-state index in [-0.39, 0.29) is 24.3 Å². The number of amides is 2. The van der Waals surface area contributed by atoms with Gasteiger partial charge in [0.25, 0.3) is 0 Å². The molecule has 166 valence electrons. The minimum atomic E-state index is -0.322. The number of nitrogens with one attached hydrogen (secondary N) is 1. The number of nitrogens with zero attached hydrogens (tertiary/aromatic N) is 2. The Hall–Kier alpha value is -2.38. The molecule has 1 unspecified atom stereocenters. The van der Waals surface area contributed by atoms with Gasteiger partial charge in [0.2, 0.25) is 11.8 Å². The molecule has 1 saturated heterocycles. The topological polar surface area (TPSA) is 61.9 Å². The summed E-state index contributed by atoms with van der Waals surface area (Å²) in [7, 11) is 1.67. The first-order chi connectivity index (χ1) is 14.9. The van der Waals surface area contributed by atoms with Crippen molar-refractivity contribution in [2.75, 3.05) is 33.3 Å². The van der Waals surface area contributed by atoms with Gasteiger partial charge in [0.15, 0.2) is 0 Å². The summed E-state index contributed by atoms with van der Waals surface area (Å²) in [4.78, 5) is 29.1. The van der Waals surface area contributed by atoms with Gasteiger partial charge < -0.3 is 15.0 Å². The quantitative estimate of drug-likeness (QED) is 0.645. The van der Waals surface area contributed by atoms with E-state index in [1.807, 2.05) is 41.3 Å². The van der Waals surface area contributed by atoms with Crippen LogP contribution in [0, 0.1) is 0 Å². The first kappa shape index (κ1) is 23.3. The Bertz CT molecular complexity index is 871. The van der Waals surface area contributed by atoms with Gasteiger partial charge in [0.05, 0.1) is 19.6 Å². The Balaban J connectivity index is 1.58. The predicted molar refractivity (Wildman–Crippen MR) is 125 cm³/mol. The van der Waals surface area contributed by atoms with Crippen LogP contribution in [0.25, 0.3) is 0 Å². The summed E-state index contributed by atoms with van der Waals surface area (Å²) in [6, 6.07) is 15.5. The highest BCUT2D eigenvalue weighted by Gasteiger charge is 2.23. The van der Waals surface area contributed by atoms with Crippen LogP contribution in [-0.4, -0.2) is 54.9 Å². The van der Waals surface area contributed by atoms with Crippen LogP contribution in [0.15, 0.2) is 53.0 Å². The maximum Gasteiger partial charge on any atom is 0.225 e. The van der Waals surface area contributed by atoms with Crippen LogP contribution in [0.1, 0.15) is 36.9 Å². The summed E-state index contributed by atoms with van der Waals surface area (Å²) in [6.07, 6.45) is 1.20. The molecule has 0 aliphatic carbocycles. The van der Waals surface area contributed by atoms with Crippen LogP contribution >= 0.6 is 15.9 Å². The molecule has 2 amide bonds. The van der Waals surface area contributed by atoms with Crippen molar-refractivity contribution in [3.05, 3.63) is 64.1 Å². The maximum absolute atomic E-state index is 13.1. The van der Waals surface area contributed by atoms with Crippen molar-refractivity contribution in [1.29, 1.82) is 0 Å². The number of rotatable bonds is 7. The molecule has 6 nitrogen and oxygen atoms in total. The van der Waals surface area contributed by atoms with Crippen LogP contribution in [0.3, 0.4) is 0 Å². The number of ether oxygens (including phenoxy) is 1. The van der Waals surface area contributed by atoms with Gasteiger partial charge in [-0.05, 0) is 41.8 Å². The number of carbonyl (C=O) groups is 2. The smallest absolute Gasteiger partial charge is 0.225 e. The number of hydrogen-bond donors (Lipinski definition) is 1. The van der Waals surface area contributed by atoms with E-state index >= 15 is 0 Å². The molecule has 1 aliphatic heterocycles. The lowest BCUT2D eigenvalue weighted by Gasteiger charge is -2.25. The normalized spacial score (nSPS) is 15.8. The monoisotopic (exact) mass is 487 g/mol. The van der Waals surface area contributed by atoms with E-state index in [0.29, 0.717) is 6.54 Å². The second-order valence-electron chi connectivity index (χ2n) is 7.87. The zero-order valence-corrected chi connectivity index (χ0v) is 19.7. The van der Waals surface area contributed by atoms with Crippen LogP contribution < -0.4 is 10.1 Å². The van der Waals surface area contributed by atoms with Gasteiger partial charge in [-0.1, -0.05) is 40.2 Å². The first-order valence-electron chi connectivity index (χ1n) is 10.6. The van der Waals surface area contributed by atoms with Gasteiger partial charge in [-0.15, -0.1) is 0 Å². The van der Waals surface area contributed by atoms with Crippen LogP contribution in [0.5, 0.6) is 5.75 Å². The highest BCUT2D eigenvalue weighted by atomic mass is 79.9. The molecule has 0 bridgehead atoms. The summed E-state index contributed by atoms with van der Waals surface area (Å²) in [5.41, 5.74) is 2.17. The lowest BCUT2D eigenvalue weighted by Crippen LogP contribution is -2.38. The molecule has 31 heavy (non-hydrogen) atoms. The molecule has 1 heterocycles. The highest BCUT2D eigenvalue weighted by molar-refractivity contribution is 9.10. The van der Waals surface area contributed by atoms with E-state index in [2.05, 4.69) is 38.3 Å². The summed E-state index contributed by atoms with van der Waals surface area (Å²) in [5, 5.41) is 2.93. The van der Waals surface area contributed by atoms with Crippen molar-refractivity contribution in [2.45, 2.75) is 32.4 Å². The SMILES string of the molecule is COc1ccc(CN2CCCN(C(=O)CC(NC(C)=O)c3ccc(Br)cc3)CC2)cc1. The number of methoxy groups -OCH3 is 1. The minimum absolute atomic E-state index is 0.0768. The number of hydrogen-bond acceptors (Lipinski definition) is 4. The van der Waals surface area contributed by atoms with Gasteiger partial charge in [0.1, 0.15) is 5.75 Å². The third-order valence-electron chi connectivity index (χ3n) is 5.54. The lowest BCUT2D eigenvalue weighted by molar-refractivity contribution is -0.132. The zero-order valence-electron chi connectivity index (χ0n) is 18.1. The van der Waals surface area contributed by atoms with Gasteiger partial charge in [-0.3, -0.25) is 14.5 Å². The molecule has 1 fully saturated rings. The number of benzene rings is 2. The third kappa shape index (κ3) is 7.08. The van der Waals surface area contributed by atoms with E-state index in [1.165, 1.54) is 12.5 Å². The Morgan fingerprint density at radius 2 is 1.74 bits per heavy atom. The molecule has 2 aromatic carbocycles. The molecule has 7 heteroatoms. The molecule has 0 saturated carbocycles. The second-order valence-corrected chi connectivity index (χ2v) is 8.78. The summed E-state index contributed by atoms with van der Waals surface area (Å²) in [6.45, 7) is 5.57. The highest BCUT2D eigenvalue weighted by Crippen LogP contribution is 2.21. The lowest BCUT2D eigenvalue weighted by atomic mass is 10.0. The van der Waals surface area contributed by atoms with Crippen molar-refractivity contribution in [1.82, 2.24) is 15.1 Å². The number of halogens is 1. The van der Waals surface area contributed by atoms with Crippen molar-refractivity contribution < 1.29 is 14.3 Å². The van der Waals surface area contributed by atoms with Crippen molar-refractivity contribution in [2.24, 2.45) is 0 Å². The standard InChI is InChI=1S/C24H30BrN3O3/c1-18(29)26-23(20-6-8-21(25)9-7-20)16-24(30)28-13-3-12-27(14-15-28)17-19-4-10-22(31-2)11-5-19/h4-11,23H,3,12-17H2,1-2H3,(H,26,29). The maximum atomic E-state index is 13.1. The fourth-order valence-electron chi connectivity index (χ4n) is 3.86. The Kier molecular flexibility index (Phi) is 8.49. The fourth-order valence-corrected chi connectivity index (χ4v) is 4.13. The molecule has 1 N–H and O–H groups in total. The van der Waals surface area contributed by atoms with Crippen LogP contribution in [-0.2, 0) is 16.1 Å². The van der Waals surface area contributed by atoms with Gasteiger partial charge in [-0.25, -0.2) is 0 Å². The zero-order chi connectivity index (χ0) is 22.2. The van der Waals surface area contributed by atoms with E-state index in [9.17, 15) is 9.59 Å². The fraction of sp³-hybridized carbons (Fsp3) is 0.417. The van der Waals surface area contributed by atoms with Crippen LogP contribution in [0.2, 0.25) is 0 Å². The van der Waals surface area contributed by atoms with Crippen molar-refractivity contribution >= 4 is 27.7 Å². The molecule has 1 atom stereocenters. The minimum Gasteiger partial charge on any atom is -0.497 e. The Morgan fingerprint density at radius 1 is 1.03 bits per heavy atom. The van der Waals surface area contributed by atoms with E-state index < -0.39 is 0 Å². The van der Waals surface area contributed by atoms with Gasteiger partial charge in [-0.2, -0.15) is 0 Å². The number of carbonyl (C=O) groups excluding carboxylic acids is 2. The molecule has 2 aromatic rings. The average Bonchev–Trinajstić information content (AvgIpc) is 3.00. The van der Waals surface area contributed by atoms with Crippen molar-refractivity contribution in [3.8, 4) is 5.75 Å². The summed E-state index contributed by atoms with van der Waals surface area (Å²) < 4.78 is 6.19. The first-order valence-corrected chi connectivity index (χ1v) is 11.4. The second kappa shape index (κ2) is 11.3. The average molecular weight is 488 g/mol. The molecular weight excluding hydrogens is 458 g/mol. The molecule has 0 radical (unpaired) electrons. The third-order valence-corrected chi connectivity index (χ3v) is 6.06. The molecular formula is C24H30BrN3O3. The van der Waals surface area contributed by atoms with Crippen molar-refractivity contribution in [3.63, 3.8) is 0 Å². The van der Waals surface area contributed by atoms with E-state index in [1.54, 1.807) is 7.11 Å². The van der Waals surface area contributed by atoms with Gasteiger partial charge >= 0.3 is 0 Å². The molecule has 0 aromatic heterocycles. The van der Waals surface area contributed by atoms with E-state index in [4.69, 9.17) is 4.74 Å². The Morgan fingerprint density at radius 3 is 2.39 bits per heavy atom. The van der Waals surface area contributed by atoms with E-state index in [0.717, 1.165) is 48.4 Å². The summed E-state index contributed by atoms with van der Waals surface area (Å²) in [5.74, 6) is 0.797. The summed E-state index contributed by atoms with van der Waals surface area (Å²) >= 11 is 3.43. The molecule has 1 aliphatic rings. The van der Waals surface area contributed by atoms with Crippen LogP contribution in [0.4, 0.5) is 0 Å². The largest absolute Gasteiger partial charge is 0.497 e. The Labute approximate surface area is 192 Å². The molecule has 0 spiro atoms. The molecule has 3 rings (SSSR count). The van der Waals surface area contributed by atoms with Gasteiger partial charge in [0, 0.05) is 44.1 Å². The predicted octanol–water partition coefficient (Wildman–Crippen LogP) is 3.76.